The maximum absolute atomic E-state index is 10.9. The molecule has 4 aromatic rings. The molecule has 3 aliphatic heterocycles. The molecular weight excluding hydrogens is 695 g/mol. The van der Waals surface area contributed by atoms with E-state index in [0.717, 1.165) is 75.1 Å². The molecule has 0 radical (unpaired) electrons. The zero-order chi connectivity index (χ0) is 37.7. The molecule has 5 N–H and O–H groups in total. The number of hydrogen-bond donors (Lipinski definition) is 5. The average molecular weight is 746 g/mol. The van der Waals surface area contributed by atoms with Crippen molar-refractivity contribution < 1.29 is 34.3 Å². The monoisotopic (exact) mass is 745 g/mol. The number of methoxy groups -OCH3 is 1. The average Bonchev–Trinajstić information content (AvgIpc) is 3.90. The number of likely N-dealkylation sites (N-methyl/N-ethyl adjacent to an activating group) is 1. The second-order valence-corrected chi connectivity index (χ2v) is 15.9. The van der Waals surface area contributed by atoms with Gasteiger partial charge in [-0.15, -0.1) is 0 Å². The molecule has 1 saturated carbocycles. The van der Waals surface area contributed by atoms with Gasteiger partial charge in [0.25, 0.3) is 0 Å². The molecule has 0 amide bonds. The van der Waals surface area contributed by atoms with Gasteiger partial charge < -0.3 is 39.6 Å². The Hall–Kier alpha value is -4.61. The molecule has 55 heavy (non-hydrogen) atoms. The smallest absolute Gasteiger partial charge is 0.160 e. The fraction of sp³-hybridized carbons (Fsp3) is 0.444. The quantitative estimate of drug-likeness (QED) is 0.136. The van der Waals surface area contributed by atoms with Gasteiger partial charge in [0.15, 0.2) is 17.6 Å². The zero-order valence-electron chi connectivity index (χ0n) is 31.7. The summed E-state index contributed by atoms with van der Waals surface area (Å²) in [7, 11) is 3.51. The minimum Gasteiger partial charge on any atom is -0.508 e. The first-order valence-corrected chi connectivity index (χ1v) is 19.9. The van der Waals surface area contributed by atoms with E-state index in [2.05, 4.69) is 39.9 Å². The van der Waals surface area contributed by atoms with Gasteiger partial charge in [0, 0.05) is 35.7 Å². The van der Waals surface area contributed by atoms with E-state index >= 15 is 0 Å². The summed E-state index contributed by atoms with van der Waals surface area (Å²) in [6, 6.07) is 18.1. The molecule has 4 atom stereocenters. The van der Waals surface area contributed by atoms with Crippen LogP contribution in [-0.4, -0.2) is 73.7 Å². The number of nitrogens with one attached hydrogen (secondary N) is 2. The van der Waals surface area contributed by atoms with Crippen molar-refractivity contribution >= 4 is 6.08 Å². The van der Waals surface area contributed by atoms with Gasteiger partial charge in [-0.25, -0.2) is 0 Å². The SMILES string of the molecule is CNC[C@@]1(OCNC2CCCC2)Cc2c3c(c4c(c2O[C@@H]1c1ccc(O)c(OC)c1)CC[C@H](CO)O4)-c1ccc(O)cc1[C@@H](Cc1ccc2c(c1)=CCN=2)C3. The highest BCUT2D eigenvalue weighted by molar-refractivity contribution is 5.85. The van der Waals surface area contributed by atoms with Crippen molar-refractivity contribution in [2.45, 2.75) is 87.6 Å². The topological polar surface area (TPSA) is 134 Å². The number of fused-ring (bicyclic) bond motifs is 9. The second kappa shape index (κ2) is 14.8. The molecule has 10 nitrogen and oxygen atoms in total. The van der Waals surface area contributed by atoms with E-state index in [0.29, 0.717) is 57.3 Å². The first-order chi connectivity index (χ1) is 26.9. The lowest BCUT2D eigenvalue weighted by Crippen LogP contribution is -2.55. The van der Waals surface area contributed by atoms with E-state index in [1.165, 1.54) is 23.6 Å². The number of aliphatic hydroxyl groups is 1. The van der Waals surface area contributed by atoms with Crippen molar-refractivity contribution in [3.8, 4) is 39.9 Å². The fourth-order valence-corrected chi connectivity index (χ4v) is 9.85. The second-order valence-electron chi connectivity index (χ2n) is 15.9. The standard InChI is InChI=1S/C45H51N3O7/c1-46-24-45(53-25-48-30-5-3-4-6-30)22-37-36-19-29(18-26-7-13-38-27(17-26)15-16-47-38)35-21-31(50)9-11-33(35)41(36)43-34(12-10-32(23-49)54-43)42(37)55-44(45)28-8-14-39(51)40(20-28)52-2/h7-9,11,13-15,17,20-21,29-30,32,44,46,48-51H,3-6,10,12,16,18-19,22-25H2,1-2H3/t29-,32+,44+,45-/m0/s1. The summed E-state index contributed by atoms with van der Waals surface area (Å²) in [5.41, 5.74) is 7.64. The maximum atomic E-state index is 10.9. The lowest BCUT2D eigenvalue weighted by Gasteiger charge is -2.47. The summed E-state index contributed by atoms with van der Waals surface area (Å²) in [6.07, 6.45) is 9.40. The van der Waals surface area contributed by atoms with E-state index in [9.17, 15) is 15.3 Å². The fourth-order valence-electron chi connectivity index (χ4n) is 9.85. The first kappa shape index (κ1) is 36.1. The van der Waals surface area contributed by atoms with Gasteiger partial charge in [-0.05, 0) is 121 Å². The minimum absolute atomic E-state index is 0.0618. The number of aromatic hydroxyl groups is 2. The summed E-state index contributed by atoms with van der Waals surface area (Å²) >= 11 is 0. The van der Waals surface area contributed by atoms with Gasteiger partial charge in [0.05, 0.1) is 32.3 Å². The number of hydrogen-bond acceptors (Lipinski definition) is 10. The molecule has 288 valence electrons. The number of phenolic OH excluding ortho intramolecular Hbond substituents is 2. The van der Waals surface area contributed by atoms with Crippen LogP contribution < -0.4 is 35.4 Å². The van der Waals surface area contributed by atoms with Crippen LogP contribution in [0.1, 0.15) is 77.5 Å². The van der Waals surface area contributed by atoms with E-state index in [1.807, 2.05) is 31.3 Å². The highest BCUT2D eigenvalue weighted by atomic mass is 16.6. The molecule has 0 aromatic heterocycles. The summed E-state index contributed by atoms with van der Waals surface area (Å²) in [4.78, 5) is 4.61. The Morgan fingerprint density at radius 1 is 0.945 bits per heavy atom. The molecule has 0 spiro atoms. The number of aliphatic hydroxyl groups excluding tert-OH is 1. The first-order valence-electron chi connectivity index (χ1n) is 19.9. The Morgan fingerprint density at radius 3 is 2.64 bits per heavy atom. The molecule has 9 rings (SSSR count). The molecular formula is C45H51N3O7. The van der Waals surface area contributed by atoms with Gasteiger partial charge in [0.1, 0.15) is 29.0 Å². The van der Waals surface area contributed by atoms with Gasteiger partial charge in [-0.1, -0.05) is 37.1 Å². The van der Waals surface area contributed by atoms with Gasteiger partial charge in [-0.3, -0.25) is 10.3 Å². The van der Waals surface area contributed by atoms with Crippen molar-refractivity contribution in [3.05, 3.63) is 98.6 Å². The Balaban J connectivity index is 1.22. The Kier molecular flexibility index (Phi) is 9.70. The van der Waals surface area contributed by atoms with E-state index in [4.69, 9.17) is 18.9 Å². The normalized spacial score (nSPS) is 23.6. The molecule has 5 aliphatic rings. The minimum atomic E-state index is -0.843. The van der Waals surface area contributed by atoms with Crippen LogP contribution in [0.4, 0.5) is 0 Å². The number of phenols is 2. The Labute approximate surface area is 321 Å². The summed E-state index contributed by atoms with van der Waals surface area (Å²) in [5, 5.41) is 41.2. The molecule has 4 aromatic carbocycles. The van der Waals surface area contributed by atoms with Crippen molar-refractivity contribution in [2.24, 2.45) is 4.99 Å². The van der Waals surface area contributed by atoms with Gasteiger partial charge in [-0.2, -0.15) is 0 Å². The predicted octanol–water partition coefficient (Wildman–Crippen LogP) is 4.90. The van der Waals surface area contributed by atoms with E-state index in [1.54, 1.807) is 19.2 Å². The predicted molar refractivity (Wildman–Crippen MR) is 210 cm³/mol. The van der Waals surface area contributed by atoms with Crippen molar-refractivity contribution in [2.75, 3.05) is 40.6 Å². The van der Waals surface area contributed by atoms with Crippen molar-refractivity contribution in [1.82, 2.24) is 10.6 Å². The Bertz CT molecular complexity index is 2230. The molecule has 0 unspecified atom stereocenters. The molecule has 2 aliphatic carbocycles. The molecule has 10 heteroatoms. The summed E-state index contributed by atoms with van der Waals surface area (Å²) in [5.74, 6) is 2.30. The van der Waals surface area contributed by atoms with Gasteiger partial charge in [0.2, 0.25) is 0 Å². The highest BCUT2D eigenvalue weighted by Gasteiger charge is 2.50. The molecule has 3 heterocycles. The lowest BCUT2D eigenvalue weighted by atomic mass is 9.70. The van der Waals surface area contributed by atoms with Crippen LogP contribution in [0, 0.1) is 0 Å². The number of nitrogens with zero attached hydrogens (tertiary/aromatic N) is 1. The van der Waals surface area contributed by atoms with Crippen LogP contribution >= 0.6 is 0 Å². The van der Waals surface area contributed by atoms with Crippen LogP contribution in [-0.2, 0) is 30.4 Å². The summed E-state index contributed by atoms with van der Waals surface area (Å²) < 4.78 is 26.8. The molecule has 0 saturated heterocycles. The van der Waals surface area contributed by atoms with E-state index in [-0.39, 0.29) is 30.1 Å². The largest absolute Gasteiger partial charge is 0.508 e. The zero-order valence-corrected chi connectivity index (χ0v) is 31.7. The lowest BCUT2D eigenvalue weighted by molar-refractivity contribution is -0.130. The molecule has 0 bridgehead atoms. The third-order valence-electron chi connectivity index (χ3n) is 12.5. The van der Waals surface area contributed by atoms with Crippen molar-refractivity contribution in [3.63, 3.8) is 0 Å². The third kappa shape index (κ3) is 6.52. The third-order valence-corrected chi connectivity index (χ3v) is 12.5. The van der Waals surface area contributed by atoms with E-state index < -0.39 is 11.7 Å². The van der Waals surface area contributed by atoms with Crippen LogP contribution in [0.25, 0.3) is 17.2 Å². The maximum Gasteiger partial charge on any atom is 0.160 e. The Morgan fingerprint density at radius 2 is 1.82 bits per heavy atom. The number of rotatable bonds is 11. The number of benzene rings is 4. The van der Waals surface area contributed by atoms with Crippen LogP contribution in [0.5, 0.6) is 28.7 Å². The van der Waals surface area contributed by atoms with Gasteiger partial charge >= 0.3 is 0 Å². The van der Waals surface area contributed by atoms with Crippen molar-refractivity contribution in [1.29, 1.82) is 0 Å². The highest BCUT2D eigenvalue weighted by Crippen LogP contribution is 2.57. The van der Waals surface area contributed by atoms with Crippen LogP contribution in [0.3, 0.4) is 0 Å². The molecule has 1 fully saturated rings. The van der Waals surface area contributed by atoms with Crippen LogP contribution in [0.15, 0.2) is 59.6 Å². The summed E-state index contributed by atoms with van der Waals surface area (Å²) in [6.45, 7) is 1.51. The number of ether oxygens (including phenoxy) is 4. The van der Waals surface area contributed by atoms with Crippen LogP contribution in [0.2, 0.25) is 0 Å².